The van der Waals surface area contributed by atoms with Crippen LogP contribution in [0, 0.1) is 6.92 Å². The number of rotatable bonds is 5. The fourth-order valence-electron chi connectivity index (χ4n) is 2.56. The second kappa shape index (κ2) is 8.21. The maximum Gasteiger partial charge on any atom is 0.266 e. The van der Waals surface area contributed by atoms with Crippen molar-refractivity contribution in [3.8, 4) is 22.2 Å². The van der Waals surface area contributed by atoms with Gasteiger partial charge < -0.3 is 10.1 Å². The summed E-state index contributed by atoms with van der Waals surface area (Å²) in [4.78, 5) is 41.3. The summed E-state index contributed by atoms with van der Waals surface area (Å²) in [5.41, 5.74) is 0.234. The molecule has 0 spiro atoms. The molecule has 4 heterocycles. The van der Waals surface area contributed by atoms with Gasteiger partial charge in [-0.1, -0.05) is 0 Å². The molecule has 30 heavy (non-hydrogen) atoms. The van der Waals surface area contributed by atoms with Gasteiger partial charge in [0.25, 0.3) is 11.5 Å². The predicted octanol–water partition coefficient (Wildman–Crippen LogP) is 3.05. The molecule has 0 saturated heterocycles. The third-order valence-electron chi connectivity index (χ3n) is 4.24. The molecule has 0 fully saturated rings. The van der Waals surface area contributed by atoms with Gasteiger partial charge in [0.05, 0.1) is 6.20 Å². The highest BCUT2D eigenvalue weighted by atomic mass is 32.1. The minimum absolute atomic E-state index is 0.0586. The molecule has 0 radical (unpaired) electrons. The molecule has 0 bridgehead atoms. The van der Waals surface area contributed by atoms with E-state index in [-0.39, 0.29) is 11.4 Å². The van der Waals surface area contributed by atoms with E-state index in [1.807, 2.05) is 5.38 Å². The number of aromatic nitrogens is 5. The van der Waals surface area contributed by atoms with Crippen LogP contribution < -0.4 is 15.6 Å². The lowest BCUT2D eigenvalue weighted by molar-refractivity contribution is 0.102. The van der Waals surface area contributed by atoms with Crippen LogP contribution in [0.4, 0.5) is 5.82 Å². The van der Waals surface area contributed by atoms with Gasteiger partial charge in [-0.2, -0.15) is 0 Å². The first-order chi connectivity index (χ1) is 14.5. The normalized spacial score (nSPS) is 10.6. The average molecular weight is 420 g/mol. The number of hydrogen-bond acceptors (Lipinski definition) is 8. The molecule has 0 saturated carbocycles. The molecule has 9 nitrogen and oxygen atoms in total. The van der Waals surface area contributed by atoms with E-state index in [1.165, 1.54) is 28.3 Å². The van der Waals surface area contributed by atoms with Crippen molar-refractivity contribution in [3.63, 3.8) is 0 Å². The van der Waals surface area contributed by atoms with Gasteiger partial charge in [0, 0.05) is 37.1 Å². The van der Waals surface area contributed by atoms with Gasteiger partial charge >= 0.3 is 0 Å². The van der Waals surface area contributed by atoms with Crippen LogP contribution >= 0.6 is 11.3 Å². The molecular weight excluding hydrogens is 404 g/mol. The lowest BCUT2D eigenvalue weighted by Gasteiger charge is -2.08. The van der Waals surface area contributed by atoms with E-state index >= 15 is 0 Å². The molecule has 4 rings (SSSR count). The van der Waals surface area contributed by atoms with E-state index in [0.29, 0.717) is 23.0 Å². The molecule has 150 valence electrons. The van der Waals surface area contributed by atoms with Gasteiger partial charge in [-0.05, 0) is 25.1 Å². The number of hydrogen-bond donors (Lipinski definition) is 1. The molecule has 0 atom stereocenters. The second-order valence-electron chi connectivity index (χ2n) is 6.23. The number of pyridine rings is 2. The van der Waals surface area contributed by atoms with Gasteiger partial charge in [0.1, 0.15) is 39.4 Å². The highest BCUT2D eigenvalue weighted by Crippen LogP contribution is 2.26. The van der Waals surface area contributed by atoms with E-state index in [4.69, 9.17) is 4.74 Å². The van der Waals surface area contributed by atoms with Crippen LogP contribution in [0.25, 0.3) is 10.7 Å². The number of aryl methyl sites for hydroxylation is 1. The Morgan fingerprint density at radius 2 is 1.93 bits per heavy atom. The number of ether oxygens (including phenoxy) is 1. The fraction of sp³-hybridized carbons (Fsp3) is 0.100. The first kappa shape index (κ1) is 19.4. The van der Waals surface area contributed by atoms with Crippen molar-refractivity contribution in [3.05, 3.63) is 76.2 Å². The van der Waals surface area contributed by atoms with Crippen molar-refractivity contribution >= 4 is 23.1 Å². The number of nitrogens with zero attached hydrogens (tertiary/aromatic N) is 5. The SMILES string of the molecule is Cc1ncc(C(=O)Nc2ccc(Oc3ccnc(-c4nccs4)c3)cn2)c(=O)n1C. The van der Waals surface area contributed by atoms with Gasteiger partial charge in [0.2, 0.25) is 0 Å². The van der Waals surface area contributed by atoms with Crippen LogP contribution in [-0.2, 0) is 7.05 Å². The summed E-state index contributed by atoms with van der Waals surface area (Å²) < 4.78 is 7.12. The van der Waals surface area contributed by atoms with Gasteiger partial charge in [-0.15, -0.1) is 11.3 Å². The largest absolute Gasteiger partial charge is 0.456 e. The Hall–Kier alpha value is -3.92. The summed E-state index contributed by atoms with van der Waals surface area (Å²) in [5, 5.41) is 5.27. The van der Waals surface area contributed by atoms with Gasteiger partial charge in [0.15, 0.2) is 0 Å². The van der Waals surface area contributed by atoms with E-state index in [1.54, 1.807) is 50.6 Å². The fourth-order valence-corrected chi connectivity index (χ4v) is 3.16. The van der Waals surface area contributed by atoms with Gasteiger partial charge in [-0.25, -0.2) is 15.0 Å². The van der Waals surface area contributed by atoms with Crippen LogP contribution in [0.3, 0.4) is 0 Å². The molecule has 10 heteroatoms. The summed E-state index contributed by atoms with van der Waals surface area (Å²) in [5.74, 6) is 1.30. The van der Waals surface area contributed by atoms with E-state index in [9.17, 15) is 9.59 Å². The molecule has 0 aliphatic heterocycles. The molecule has 0 aromatic carbocycles. The Balaban J connectivity index is 1.46. The van der Waals surface area contributed by atoms with Crippen LogP contribution in [0.1, 0.15) is 16.2 Å². The zero-order valence-corrected chi connectivity index (χ0v) is 16.9. The smallest absolute Gasteiger partial charge is 0.266 e. The number of nitrogens with one attached hydrogen (secondary N) is 1. The number of carbonyl (C=O) groups excluding carboxylic acids is 1. The number of carbonyl (C=O) groups is 1. The molecule has 1 amide bonds. The maximum absolute atomic E-state index is 12.4. The van der Waals surface area contributed by atoms with E-state index < -0.39 is 11.5 Å². The van der Waals surface area contributed by atoms with Crippen LogP contribution in [0.15, 0.2) is 59.2 Å². The Morgan fingerprint density at radius 1 is 1.07 bits per heavy atom. The molecule has 4 aromatic heterocycles. The number of amides is 1. The molecule has 1 N–H and O–H groups in total. The standard InChI is InChI=1S/C20H16N6O3S/c1-12-23-11-15(20(28)26(12)2)18(27)25-17-4-3-14(10-24-17)29-13-5-6-21-16(9-13)19-22-7-8-30-19/h3-11H,1-2H3,(H,24,25,27). The van der Waals surface area contributed by atoms with Crippen LogP contribution in [0.2, 0.25) is 0 Å². The molecule has 0 unspecified atom stereocenters. The lowest BCUT2D eigenvalue weighted by Crippen LogP contribution is -2.29. The summed E-state index contributed by atoms with van der Waals surface area (Å²) in [7, 11) is 1.56. The number of thiazole rings is 1. The van der Waals surface area contributed by atoms with Crippen molar-refractivity contribution in [1.29, 1.82) is 0 Å². The first-order valence-electron chi connectivity index (χ1n) is 8.85. The quantitative estimate of drug-likeness (QED) is 0.528. The summed E-state index contributed by atoms with van der Waals surface area (Å²) in [6.07, 6.45) is 6.09. The van der Waals surface area contributed by atoms with Crippen molar-refractivity contribution in [2.45, 2.75) is 6.92 Å². The third kappa shape index (κ3) is 4.08. The molecule has 4 aromatic rings. The molecular formula is C20H16N6O3S. The third-order valence-corrected chi connectivity index (χ3v) is 5.04. The maximum atomic E-state index is 12.4. The Morgan fingerprint density at radius 3 is 2.67 bits per heavy atom. The van der Waals surface area contributed by atoms with Gasteiger partial charge in [-0.3, -0.25) is 19.1 Å². The Kier molecular flexibility index (Phi) is 5.31. The predicted molar refractivity (Wildman–Crippen MR) is 112 cm³/mol. The van der Waals surface area contributed by atoms with Crippen molar-refractivity contribution < 1.29 is 9.53 Å². The Labute approximate surface area is 175 Å². The summed E-state index contributed by atoms with van der Waals surface area (Å²) >= 11 is 1.49. The van der Waals surface area contributed by atoms with Crippen molar-refractivity contribution in [1.82, 2.24) is 24.5 Å². The molecule has 0 aliphatic rings. The number of anilines is 1. The summed E-state index contributed by atoms with van der Waals surface area (Å²) in [6, 6.07) is 6.77. The zero-order valence-electron chi connectivity index (χ0n) is 16.1. The van der Waals surface area contributed by atoms with E-state index in [0.717, 1.165) is 5.01 Å². The average Bonchev–Trinajstić information content (AvgIpc) is 3.29. The van der Waals surface area contributed by atoms with Crippen LogP contribution in [-0.4, -0.2) is 30.4 Å². The second-order valence-corrected chi connectivity index (χ2v) is 7.13. The minimum Gasteiger partial charge on any atom is -0.456 e. The highest BCUT2D eigenvalue weighted by Gasteiger charge is 2.14. The zero-order chi connectivity index (χ0) is 21.1. The first-order valence-corrected chi connectivity index (χ1v) is 9.73. The topological polar surface area (TPSA) is 112 Å². The van der Waals surface area contributed by atoms with Crippen molar-refractivity contribution in [2.24, 2.45) is 7.05 Å². The molecule has 0 aliphatic carbocycles. The Bertz CT molecular complexity index is 1250. The highest BCUT2D eigenvalue weighted by molar-refractivity contribution is 7.13. The minimum atomic E-state index is -0.577. The monoisotopic (exact) mass is 420 g/mol. The van der Waals surface area contributed by atoms with E-state index in [2.05, 4.69) is 25.3 Å². The van der Waals surface area contributed by atoms with Crippen molar-refractivity contribution in [2.75, 3.05) is 5.32 Å². The van der Waals surface area contributed by atoms with Crippen LogP contribution in [0.5, 0.6) is 11.5 Å². The lowest BCUT2D eigenvalue weighted by atomic mass is 10.3. The summed E-state index contributed by atoms with van der Waals surface area (Å²) in [6.45, 7) is 1.69.